The van der Waals surface area contributed by atoms with E-state index in [0.29, 0.717) is 5.56 Å². The Bertz CT molecular complexity index is 1210. The van der Waals surface area contributed by atoms with Gasteiger partial charge in [0.2, 0.25) is 5.89 Å². The first kappa shape index (κ1) is 18.3. The minimum absolute atomic E-state index is 0.0245. The summed E-state index contributed by atoms with van der Waals surface area (Å²) < 4.78 is 13.4. The Morgan fingerprint density at radius 2 is 2.10 bits per heavy atom. The lowest BCUT2D eigenvalue weighted by atomic mass is 10.2. The average molecular weight is 406 g/mol. The Hall–Kier alpha value is -3.79. The molecular weight excluding hydrogens is 388 g/mol. The zero-order chi connectivity index (χ0) is 20.5. The van der Waals surface area contributed by atoms with E-state index in [-0.39, 0.29) is 23.8 Å². The summed E-state index contributed by atoms with van der Waals surface area (Å²) in [5, 5.41) is 27.4. The van der Waals surface area contributed by atoms with Gasteiger partial charge in [0.1, 0.15) is 0 Å². The van der Waals surface area contributed by atoms with Crippen LogP contribution >= 0.6 is 0 Å². The first-order chi connectivity index (χ1) is 14.7. The van der Waals surface area contributed by atoms with Gasteiger partial charge < -0.3 is 14.5 Å². The van der Waals surface area contributed by atoms with Gasteiger partial charge in [-0.2, -0.15) is 5.10 Å². The topological polar surface area (TPSA) is 121 Å². The normalized spacial score (nSPS) is 16.6. The summed E-state index contributed by atoms with van der Waals surface area (Å²) in [4.78, 5) is 10.5. The molecule has 1 N–H and O–H groups in total. The molecule has 1 fully saturated rings. The monoisotopic (exact) mass is 406 g/mol. The van der Waals surface area contributed by atoms with E-state index in [4.69, 9.17) is 9.15 Å². The molecular formula is C20H18N6O4. The molecule has 1 unspecified atom stereocenters. The third kappa shape index (κ3) is 3.48. The van der Waals surface area contributed by atoms with E-state index in [1.807, 2.05) is 22.9 Å². The highest BCUT2D eigenvalue weighted by molar-refractivity contribution is 5.83. The summed E-state index contributed by atoms with van der Waals surface area (Å²) in [6, 6.07) is 12.1. The number of aromatic nitrogens is 4. The number of hydrogen-bond acceptors (Lipinski definition) is 8. The molecule has 152 valence electrons. The van der Waals surface area contributed by atoms with Gasteiger partial charge in [0, 0.05) is 35.4 Å². The van der Waals surface area contributed by atoms with Gasteiger partial charge in [-0.3, -0.25) is 10.1 Å². The number of non-ortho nitro benzene ring substituents is 1. The van der Waals surface area contributed by atoms with Crippen molar-refractivity contribution in [2.45, 2.75) is 25.5 Å². The predicted octanol–water partition coefficient (Wildman–Crippen LogP) is 4.44. The zero-order valence-corrected chi connectivity index (χ0v) is 15.9. The van der Waals surface area contributed by atoms with Crippen LogP contribution in [0.25, 0.3) is 22.4 Å². The number of nitro benzene ring substituents is 1. The Kier molecular flexibility index (Phi) is 4.60. The number of anilines is 2. The molecule has 1 atom stereocenters. The molecule has 3 heterocycles. The van der Waals surface area contributed by atoms with Crippen LogP contribution in [0.2, 0.25) is 0 Å². The quantitative estimate of drug-likeness (QED) is 0.381. The summed E-state index contributed by atoms with van der Waals surface area (Å²) in [6.07, 6.45) is 4.96. The van der Waals surface area contributed by atoms with Crippen LogP contribution in [0, 0.1) is 10.1 Å². The molecule has 30 heavy (non-hydrogen) atoms. The second kappa shape index (κ2) is 7.56. The van der Waals surface area contributed by atoms with E-state index < -0.39 is 4.92 Å². The first-order valence-electron chi connectivity index (χ1n) is 9.61. The minimum Gasteiger partial charge on any atom is -0.403 e. The highest BCUT2D eigenvalue weighted by atomic mass is 16.6. The number of nitrogens with zero attached hydrogens (tertiary/aromatic N) is 5. The minimum atomic E-state index is -0.466. The molecule has 0 aliphatic carbocycles. The first-order valence-corrected chi connectivity index (χ1v) is 9.61. The number of fused-ring (bicyclic) bond motifs is 1. The van der Waals surface area contributed by atoms with Crippen molar-refractivity contribution in [3.63, 3.8) is 0 Å². The maximum atomic E-state index is 11.0. The molecule has 1 aliphatic rings. The van der Waals surface area contributed by atoms with Crippen LogP contribution in [0.3, 0.4) is 0 Å². The molecule has 10 nitrogen and oxygen atoms in total. The van der Waals surface area contributed by atoms with Crippen LogP contribution in [0.5, 0.6) is 0 Å². The fraction of sp³-hybridized carbons (Fsp3) is 0.250. The SMILES string of the molecule is O=[N+]([O-])c1cccc(-c2nnc(Nc3ccc4c(cnn4C4CCCCO4)c3)o2)c1. The highest BCUT2D eigenvalue weighted by Gasteiger charge is 2.19. The number of rotatable bonds is 5. The summed E-state index contributed by atoms with van der Waals surface area (Å²) in [6.45, 7) is 0.760. The molecule has 4 aromatic rings. The number of benzene rings is 2. The smallest absolute Gasteiger partial charge is 0.320 e. The second-order valence-electron chi connectivity index (χ2n) is 7.03. The van der Waals surface area contributed by atoms with Gasteiger partial charge in [-0.15, -0.1) is 5.10 Å². The van der Waals surface area contributed by atoms with Gasteiger partial charge >= 0.3 is 6.01 Å². The maximum Gasteiger partial charge on any atom is 0.320 e. The lowest BCUT2D eigenvalue weighted by molar-refractivity contribution is -0.384. The molecule has 10 heteroatoms. The number of hydrogen-bond donors (Lipinski definition) is 1. The van der Waals surface area contributed by atoms with E-state index in [9.17, 15) is 10.1 Å². The number of nitrogens with one attached hydrogen (secondary N) is 1. The lowest BCUT2D eigenvalue weighted by Gasteiger charge is -2.23. The average Bonchev–Trinajstić information content (AvgIpc) is 3.41. The Labute approximate surface area is 170 Å². The van der Waals surface area contributed by atoms with E-state index >= 15 is 0 Å². The highest BCUT2D eigenvalue weighted by Crippen LogP contribution is 2.29. The molecule has 0 spiro atoms. The number of ether oxygens (including phenoxy) is 1. The van der Waals surface area contributed by atoms with Crippen LogP contribution in [-0.2, 0) is 4.74 Å². The number of nitro groups is 1. The van der Waals surface area contributed by atoms with Gasteiger partial charge in [-0.1, -0.05) is 11.2 Å². The van der Waals surface area contributed by atoms with E-state index in [2.05, 4.69) is 20.6 Å². The third-order valence-electron chi connectivity index (χ3n) is 5.00. The van der Waals surface area contributed by atoms with Gasteiger partial charge in [0.05, 0.1) is 16.6 Å². The van der Waals surface area contributed by atoms with Crippen molar-refractivity contribution in [2.24, 2.45) is 0 Å². The summed E-state index contributed by atoms with van der Waals surface area (Å²) in [5.74, 6) is 0.199. The van der Waals surface area contributed by atoms with Gasteiger partial charge in [0.25, 0.3) is 5.69 Å². The van der Waals surface area contributed by atoms with E-state index in [1.165, 1.54) is 12.1 Å². The van der Waals surface area contributed by atoms with Crippen molar-refractivity contribution in [3.05, 3.63) is 58.8 Å². The van der Waals surface area contributed by atoms with Crippen LogP contribution in [0.4, 0.5) is 17.4 Å². The van der Waals surface area contributed by atoms with Crippen molar-refractivity contribution in [1.29, 1.82) is 0 Å². The van der Waals surface area contributed by atoms with Crippen molar-refractivity contribution in [3.8, 4) is 11.5 Å². The van der Waals surface area contributed by atoms with E-state index in [1.54, 1.807) is 18.3 Å². The molecule has 0 bridgehead atoms. The van der Waals surface area contributed by atoms with Gasteiger partial charge in [0.15, 0.2) is 6.23 Å². The standard InChI is InChI=1S/C20H18N6O4/c27-26(28)16-5-3-4-13(11-16)19-23-24-20(30-19)22-15-7-8-17-14(10-15)12-21-25(17)18-6-1-2-9-29-18/h3-5,7-8,10-12,18H,1-2,6,9H2,(H,22,24). The molecule has 1 aliphatic heterocycles. The van der Waals surface area contributed by atoms with Crippen molar-refractivity contribution in [2.75, 3.05) is 11.9 Å². The fourth-order valence-corrected chi connectivity index (χ4v) is 3.54. The summed E-state index contributed by atoms with van der Waals surface area (Å²) in [5.41, 5.74) is 2.20. The van der Waals surface area contributed by atoms with Crippen molar-refractivity contribution >= 4 is 28.3 Å². The van der Waals surface area contributed by atoms with Crippen LogP contribution in [0.15, 0.2) is 53.1 Å². The summed E-state index contributed by atoms with van der Waals surface area (Å²) in [7, 11) is 0. The second-order valence-corrected chi connectivity index (χ2v) is 7.03. The Morgan fingerprint density at radius 3 is 2.93 bits per heavy atom. The van der Waals surface area contributed by atoms with Crippen LogP contribution < -0.4 is 5.32 Å². The van der Waals surface area contributed by atoms with Crippen LogP contribution in [0.1, 0.15) is 25.5 Å². The van der Waals surface area contributed by atoms with Crippen LogP contribution in [-0.4, -0.2) is 31.5 Å². The molecule has 1 saturated heterocycles. The van der Waals surface area contributed by atoms with Gasteiger partial charge in [-0.25, -0.2) is 4.68 Å². The Balaban J connectivity index is 1.36. The van der Waals surface area contributed by atoms with Crippen molar-refractivity contribution < 1.29 is 14.1 Å². The van der Waals surface area contributed by atoms with E-state index in [0.717, 1.165) is 42.5 Å². The lowest BCUT2D eigenvalue weighted by Crippen LogP contribution is -2.18. The third-order valence-corrected chi connectivity index (χ3v) is 5.00. The predicted molar refractivity (Wildman–Crippen MR) is 108 cm³/mol. The molecule has 2 aromatic heterocycles. The van der Waals surface area contributed by atoms with Crippen molar-refractivity contribution in [1.82, 2.24) is 20.0 Å². The fourth-order valence-electron chi connectivity index (χ4n) is 3.54. The molecule has 2 aromatic carbocycles. The molecule has 0 amide bonds. The molecule has 0 radical (unpaired) electrons. The zero-order valence-electron chi connectivity index (χ0n) is 15.9. The Morgan fingerprint density at radius 1 is 1.17 bits per heavy atom. The molecule has 0 saturated carbocycles. The van der Waals surface area contributed by atoms with Gasteiger partial charge in [-0.05, 0) is 43.5 Å². The molecule has 5 rings (SSSR count). The summed E-state index contributed by atoms with van der Waals surface area (Å²) >= 11 is 0. The maximum absolute atomic E-state index is 11.0. The largest absolute Gasteiger partial charge is 0.403 e.